The van der Waals surface area contributed by atoms with Gasteiger partial charge in [0.05, 0.1) is 14.2 Å². The van der Waals surface area contributed by atoms with Gasteiger partial charge in [0.2, 0.25) is 0 Å². The predicted molar refractivity (Wildman–Crippen MR) is 48.3 cm³/mol. The van der Waals surface area contributed by atoms with Gasteiger partial charge in [-0.25, -0.2) is 0 Å². The van der Waals surface area contributed by atoms with Crippen LogP contribution in [0.3, 0.4) is 0 Å². The largest absolute Gasteiger partial charge is 0.469 e. The van der Waals surface area contributed by atoms with Gasteiger partial charge < -0.3 is 14.2 Å². The molecule has 0 saturated heterocycles. The average Bonchev–Trinajstić information content (AvgIpc) is 2.07. The molecule has 0 amide bonds. The van der Waals surface area contributed by atoms with Crippen LogP contribution in [0.4, 0.5) is 0 Å². The van der Waals surface area contributed by atoms with Gasteiger partial charge in [-0.3, -0.25) is 9.59 Å². The van der Waals surface area contributed by atoms with Crippen LogP contribution in [0.1, 0.15) is 13.8 Å². The van der Waals surface area contributed by atoms with Crippen LogP contribution in [0.2, 0.25) is 0 Å². The topological polar surface area (TPSA) is 61.8 Å². The molecule has 0 radical (unpaired) electrons. The SMILES string of the molecule is COC.COC(C)=O.COC(C)=O. The van der Waals surface area contributed by atoms with E-state index in [-0.39, 0.29) is 11.9 Å². The third-order valence-corrected chi connectivity index (χ3v) is 0.575. The monoisotopic (exact) mass is 194 g/mol. The lowest BCUT2D eigenvalue weighted by atomic mass is 10.8. The quantitative estimate of drug-likeness (QED) is 0.529. The van der Waals surface area contributed by atoms with Gasteiger partial charge in [-0.15, -0.1) is 0 Å². The summed E-state index contributed by atoms with van der Waals surface area (Å²) in [6, 6.07) is 0. The van der Waals surface area contributed by atoms with Crippen molar-refractivity contribution in [1.82, 2.24) is 0 Å². The lowest BCUT2D eigenvalue weighted by molar-refractivity contribution is -0.138. The van der Waals surface area contributed by atoms with Gasteiger partial charge >= 0.3 is 11.9 Å². The number of esters is 2. The van der Waals surface area contributed by atoms with E-state index in [9.17, 15) is 9.59 Å². The number of hydrogen-bond acceptors (Lipinski definition) is 5. The number of hydrogen-bond donors (Lipinski definition) is 0. The van der Waals surface area contributed by atoms with Crippen LogP contribution in [0.15, 0.2) is 0 Å². The smallest absolute Gasteiger partial charge is 0.302 e. The maximum Gasteiger partial charge on any atom is 0.302 e. The van der Waals surface area contributed by atoms with Crippen molar-refractivity contribution in [2.75, 3.05) is 28.4 Å². The molecular formula is C8H18O5. The second-order valence-electron chi connectivity index (χ2n) is 1.80. The number of ether oxygens (including phenoxy) is 3. The minimum Gasteiger partial charge on any atom is -0.469 e. The Hall–Kier alpha value is -1.10. The molecule has 0 aromatic carbocycles. The zero-order valence-corrected chi connectivity index (χ0v) is 9.04. The lowest BCUT2D eigenvalue weighted by Gasteiger charge is -1.80. The molecule has 0 aliphatic rings. The molecule has 0 aromatic heterocycles. The molecule has 0 fully saturated rings. The van der Waals surface area contributed by atoms with Gasteiger partial charge in [0.1, 0.15) is 0 Å². The highest BCUT2D eigenvalue weighted by atomic mass is 16.5. The first-order valence-corrected chi connectivity index (χ1v) is 3.45. The second-order valence-corrected chi connectivity index (χ2v) is 1.80. The number of methoxy groups -OCH3 is 3. The Bertz CT molecular complexity index is 108. The number of carbonyl (C=O) groups excluding carboxylic acids is 2. The Morgan fingerprint density at radius 1 is 0.769 bits per heavy atom. The van der Waals surface area contributed by atoms with Crippen LogP contribution in [-0.2, 0) is 23.8 Å². The van der Waals surface area contributed by atoms with Crippen molar-refractivity contribution in [3.05, 3.63) is 0 Å². The summed E-state index contributed by atoms with van der Waals surface area (Å²) in [6.45, 7) is 2.72. The van der Waals surface area contributed by atoms with Crippen molar-refractivity contribution < 1.29 is 23.8 Å². The summed E-state index contributed by atoms with van der Waals surface area (Å²) >= 11 is 0. The van der Waals surface area contributed by atoms with Crippen LogP contribution < -0.4 is 0 Å². The molecule has 0 N–H and O–H groups in total. The Labute approximate surface area is 79.0 Å². The Balaban J connectivity index is -0.000000120. The van der Waals surface area contributed by atoms with Crippen LogP contribution >= 0.6 is 0 Å². The van der Waals surface area contributed by atoms with E-state index < -0.39 is 0 Å². The van der Waals surface area contributed by atoms with Gasteiger partial charge in [-0.1, -0.05) is 0 Å². The van der Waals surface area contributed by atoms with Crippen LogP contribution in [0.25, 0.3) is 0 Å². The fourth-order valence-electron chi connectivity index (χ4n) is 0. The van der Waals surface area contributed by atoms with Crippen molar-refractivity contribution >= 4 is 11.9 Å². The van der Waals surface area contributed by atoms with Crippen molar-refractivity contribution in [3.63, 3.8) is 0 Å². The van der Waals surface area contributed by atoms with E-state index >= 15 is 0 Å². The Morgan fingerprint density at radius 2 is 0.846 bits per heavy atom. The zero-order chi connectivity index (χ0) is 11.3. The molecule has 0 aromatic rings. The van der Waals surface area contributed by atoms with Crippen LogP contribution in [0, 0.1) is 0 Å². The summed E-state index contributed by atoms with van der Waals surface area (Å²) in [7, 11) is 5.95. The third kappa shape index (κ3) is 103. The molecular weight excluding hydrogens is 176 g/mol. The standard InChI is InChI=1S/2C3H6O2.C2H6O/c2*1-3(4)5-2;1-3-2/h2*1-2H3;1-2H3. The molecule has 5 nitrogen and oxygen atoms in total. The highest BCUT2D eigenvalue weighted by Gasteiger charge is 1.76. The summed E-state index contributed by atoms with van der Waals surface area (Å²) < 4.78 is 12.5. The summed E-state index contributed by atoms with van der Waals surface area (Å²) in [6.07, 6.45) is 0. The highest BCUT2D eigenvalue weighted by molar-refractivity contribution is 5.65. The normalized spacial score (nSPS) is 6.62. The van der Waals surface area contributed by atoms with E-state index in [1.54, 1.807) is 14.2 Å². The van der Waals surface area contributed by atoms with Crippen molar-refractivity contribution in [2.24, 2.45) is 0 Å². The summed E-state index contributed by atoms with van der Waals surface area (Å²) in [5.74, 6) is -0.491. The summed E-state index contributed by atoms with van der Waals surface area (Å²) in [5, 5.41) is 0. The molecule has 0 unspecified atom stereocenters. The van der Waals surface area contributed by atoms with Gasteiger partial charge in [0.15, 0.2) is 0 Å². The van der Waals surface area contributed by atoms with E-state index in [0.717, 1.165) is 0 Å². The molecule has 0 atom stereocenters. The third-order valence-electron chi connectivity index (χ3n) is 0.575. The Kier molecular flexibility index (Phi) is 23.5. The highest BCUT2D eigenvalue weighted by Crippen LogP contribution is 1.60. The van der Waals surface area contributed by atoms with E-state index in [1.807, 2.05) is 0 Å². The molecule has 0 spiro atoms. The van der Waals surface area contributed by atoms with Crippen molar-refractivity contribution in [3.8, 4) is 0 Å². The van der Waals surface area contributed by atoms with E-state index in [4.69, 9.17) is 0 Å². The van der Waals surface area contributed by atoms with Crippen molar-refractivity contribution in [1.29, 1.82) is 0 Å². The lowest BCUT2D eigenvalue weighted by Crippen LogP contribution is -1.88. The maximum absolute atomic E-state index is 9.59. The molecule has 0 saturated carbocycles. The Morgan fingerprint density at radius 3 is 0.846 bits per heavy atom. The van der Waals surface area contributed by atoms with Gasteiger partial charge in [-0.2, -0.15) is 0 Å². The van der Waals surface area contributed by atoms with Crippen LogP contribution in [-0.4, -0.2) is 40.4 Å². The first-order chi connectivity index (χ1) is 5.95. The first kappa shape index (κ1) is 17.8. The number of carbonyl (C=O) groups is 2. The molecule has 0 aliphatic carbocycles. The minimum absolute atomic E-state index is 0.245. The van der Waals surface area contributed by atoms with Gasteiger partial charge in [0, 0.05) is 28.1 Å². The van der Waals surface area contributed by atoms with Crippen LogP contribution in [0.5, 0.6) is 0 Å². The summed E-state index contributed by atoms with van der Waals surface area (Å²) in [5.41, 5.74) is 0. The van der Waals surface area contributed by atoms with Gasteiger partial charge in [0.25, 0.3) is 0 Å². The second kappa shape index (κ2) is 17.1. The maximum atomic E-state index is 9.59. The van der Waals surface area contributed by atoms with E-state index in [0.29, 0.717) is 0 Å². The molecule has 80 valence electrons. The van der Waals surface area contributed by atoms with Crippen molar-refractivity contribution in [2.45, 2.75) is 13.8 Å². The summed E-state index contributed by atoms with van der Waals surface area (Å²) in [4.78, 5) is 19.2. The molecule has 0 bridgehead atoms. The molecule has 13 heavy (non-hydrogen) atoms. The first-order valence-electron chi connectivity index (χ1n) is 3.45. The van der Waals surface area contributed by atoms with Gasteiger partial charge in [-0.05, 0) is 0 Å². The molecule has 0 rings (SSSR count). The minimum atomic E-state index is -0.245. The molecule has 0 aliphatic heterocycles. The van der Waals surface area contributed by atoms with E-state index in [2.05, 4.69) is 14.2 Å². The zero-order valence-electron chi connectivity index (χ0n) is 9.04. The predicted octanol–water partition coefficient (Wildman–Crippen LogP) is 0.621. The average molecular weight is 194 g/mol. The van der Waals surface area contributed by atoms with E-state index in [1.165, 1.54) is 28.1 Å². The molecule has 5 heteroatoms. The molecule has 0 heterocycles. The fourth-order valence-corrected chi connectivity index (χ4v) is 0. The fraction of sp³-hybridized carbons (Fsp3) is 0.750. The number of rotatable bonds is 0.